The first-order valence-electron chi connectivity index (χ1n) is 9.25. The van der Waals surface area contributed by atoms with Gasteiger partial charge in [0.05, 0.1) is 11.3 Å². The van der Waals surface area contributed by atoms with Crippen LogP contribution in [0.4, 0.5) is 5.69 Å². The van der Waals surface area contributed by atoms with E-state index >= 15 is 0 Å². The SMILES string of the molecule is Cc1cc(C(=O)COC(=O)C23CCC(=O)N2c2ccccc2C(=O)N3C)c(C)s1. The summed E-state index contributed by atoms with van der Waals surface area (Å²) in [5, 5.41) is 0. The van der Waals surface area contributed by atoms with Crippen molar-refractivity contribution in [3.63, 3.8) is 0 Å². The molecule has 1 saturated heterocycles. The molecule has 2 aromatic rings. The Bertz CT molecular complexity index is 1060. The number of carbonyl (C=O) groups excluding carboxylic acids is 4. The first-order valence-corrected chi connectivity index (χ1v) is 10.1. The van der Waals surface area contributed by atoms with Crippen LogP contribution in [0.1, 0.15) is 43.3 Å². The van der Waals surface area contributed by atoms with E-state index in [1.165, 1.54) is 28.2 Å². The fraction of sp³-hybridized carbons (Fsp3) is 0.333. The molecule has 1 atom stereocenters. The smallest absolute Gasteiger partial charge is 0.354 e. The van der Waals surface area contributed by atoms with Crippen LogP contribution in [0.15, 0.2) is 30.3 Å². The number of Topliss-reactive ketones (excluding diaryl/α,β-unsaturated/α-hetero) is 1. The first-order chi connectivity index (χ1) is 13.8. The summed E-state index contributed by atoms with van der Waals surface area (Å²) in [6.45, 7) is 3.30. The molecule has 7 nitrogen and oxygen atoms in total. The summed E-state index contributed by atoms with van der Waals surface area (Å²) in [6.07, 6.45) is 0.226. The largest absolute Gasteiger partial charge is 0.454 e. The molecule has 8 heteroatoms. The Hall–Kier alpha value is -3.00. The van der Waals surface area contributed by atoms with E-state index in [-0.39, 0.29) is 30.4 Å². The molecule has 29 heavy (non-hydrogen) atoms. The number of esters is 1. The van der Waals surface area contributed by atoms with Crippen molar-refractivity contribution < 1.29 is 23.9 Å². The number of thiophene rings is 1. The van der Waals surface area contributed by atoms with Gasteiger partial charge in [-0.3, -0.25) is 19.3 Å². The molecule has 1 aromatic carbocycles. The summed E-state index contributed by atoms with van der Waals surface area (Å²) in [4.78, 5) is 55.7. The van der Waals surface area contributed by atoms with Gasteiger partial charge in [-0.05, 0) is 32.0 Å². The van der Waals surface area contributed by atoms with Gasteiger partial charge < -0.3 is 9.64 Å². The summed E-state index contributed by atoms with van der Waals surface area (Å²) in [6, 6.07) is 8.46. The summed E-state index contributed by atoms with van der Waals surface area (Å²) in [5.41, 5.74) is -0.294. The number of anilines is 1. The summed E-state index contributed by atoms with van der Waals surface area (Å²) >= 11 is 1.50. The fourth-order valence-electron chi connectivity index (χ4n) is 4.12. The zero-order chi connectivity index (χ0) is 20.9. The highest BCUT2D eigenvalue weighted by Gasteiger charge is 2.60. The minimum atomic E-state index is -1.57. The number of hydrogen-bond donors (Lipinski definition) is 0. The van der Waals surface area contributed by atoms with Crippen molar-refractivity contribution in [2.24, 2.45) is 0 Å². The van der Waals surface area contributed by atoms with Gasteiger partial charge in [-0.15, -0.1) is 11.3 Å². The van der Waals surface area contributed by atoms with Gasteiger partial charge in [0.1, 0.15) is 0 Å². The maximum absolute atomic E-state index is 13.2. The Morgan fingerprint density at radius 3 is 2.62 bits per heavy atom. The van der Waals surface area contributed by atoms with Crippen LogP contribution in [0.3, 0.4) is 0 Å². The molecule has 2 amide bonds. The predicted octanol–water partition coefficient (Wildman–Crippen LogP) is 2.70. The zero-order valence-corrected chi connectivity index (χ0v) is 17.2. The molecule has 1 fully saturated rings. The highest BCUT2D eigenvalue weighted by Crippen LogP contribution is 2.44. The lowest BCUT2D eigenvalue weighted by atomic mass is 9.97. The van der Waals surface area contributed by atoms with Crippen molar-refractivity contribution in [2.45, 2.75) is 32.4 Å². The number of para-hydroxylation sites is 1. The molecular weight excluding hydrogens is 392 g/mol. The monoisotopic (exact) mass is 412 g/mol. The Kier molecular flexibility index (Phi) is 4.53. The maximum atomic E-state index is 13.2. The van der Waals surface area contributed by atoms with Crippen molar-refractivity contribution in [1.29, 1.82) is 0 Å². The number of benzene rings is 1. The molecule has 0 saturated carbocycles. The maximum Gasteiger partial charge on any atom is 0.354 e. The Labute approximate surface area is 171 Å². The van der Waals surface area contributed by atoms with Crippen LogP contribution in [0.5, 0.6) is 0 Å². The number of hydrogen-bond acceptors (Lipinski definition) is 6. The number of fused-ring (bicyclic) bond motifs is 3. The Morgan fingerprint density at radius 2 is 1.93 bits per heavy atom. The van der Waals surface area contributed by atoms with Gasteiger partial charge in [-0.1, -0.05) is 12.1 Å². The Balaban J connectivity index is 1.65. The molecule has 0 spiro atoms. The van der Waals surface area contributed by atoms with Crippen LogP contribution in [0.2, 0.25) is 0 Å². The third kappa shape index (κ3) is 2.78. The lowest BCUT2D eigenvalue weighted by Crippen LogP contribution is -2.67. The van der Waals surface area contributed by atoms with Crippen LogP contribution in [0, 0.1) is 13.8 Å². The molecule has 150 valence electrons. The van der Waals surface area contributed by atoms with Crippen LogP contribution >= 0.6 is 11.3 Å². The van der Waals surface area contributed by atoms with Crippen LogP contribution in [-0.2, 0) is 14.3 Å². The average Bonchev–Trinajstić information content (AvgIpc) is 3.23. The average molecular weight is 412 g/mol. The predicted molar refractivity (Wildman–Crippen MR) is 107 cm³/mol. The minimum absolute atomic E-state index is 0.109. The fourth-order valence-corrected chi connectivity index (χ4v) is 5.07. The van der Waals surface area contributed by atoms with Crippen LogP contribution < -0.4 is 4.90 Å². The molecular formula is C21H20N2O5S. The molecule has 4 rings (SSSR count). The molecule has 1 aromatic heterocycles. The van der Waals surface area contributed by atoms with Gasteiger partial charge in [-0.25, -0.2) is 4.79 Å². The number of nitrogens with zero attached hydrogens (tertiary/aromatic N) is 2. The van der Waals surface area contributed by atoms with Crippen molar-refractivity contribution in [1.82, 2.24) is 4.90 Å². The number of likely N-dealkylation sites (N-methyl/N-ethyl adjacent to an activating group) is 1. The molecule has 0 radical (unpaired) electrons. The lowest BCUT2D eigenvalue weighted by Gasteiger charge is -2.46. The molecule has 1 unspecified atom stereocenters. The van der Waals surface area contributed by atoms with Crippen LogP contribution in [0.25, 0.3) is 0 Å². The van der Waals surface area contributed by atoms with Crippen molar-refractivity contribution in [3.05, 3.63) is 51.2 Å². The number of ketones is 1. The molecule has 3 heterocycles. The van der Waals surface area contributed by atoms with E-state index in [1.54, 1.807) is 30.3 Å². The topological polar surface area (TPSA) is 84.0 Å². The number of ether oxygens (including phenoxy) is 1. The second kappa shape index (κ2) is 6.81. The number of aryl methyl sites for hydroxylation is 2. The van der Waals surface area contributed by atoms with E-state index in [1.807, 2.05) is 13.8 Å². The van der Waals surface area contributed by atoms with E-state index in [9.17, 15) is 19.2 Å². The molecule has 2 aliphatic heterocycles. The van der Waals surface area contributed by atoms with E-state index < -0.39 is 18.2 Å². The summed E-state index contributed by atoms with van der Waals surface area (Å²) in [7, 11) is 1.49. The van der Waals surface area contributed by atoms with Gasteiger partial charge in [0.2, 0.25) is 17.4 Å². The molecule has 0 bridgehead atoms. The number of amides is 2. The van der Waals surface area contributed by atoms with Gasteiger partial charge in [0.25, 0.3) is 5.91 Å². The van der Waals surface area contributed by atoms with Crippen molar-refractivity contribution >= 4 is 40.6 Å². The third-order valence-corrected chi connectivity index (χ3v) is 6.51. The molecule has 2 aliphatic rings. The van der Waals surface area contributed by atoms with Gasteiger partial charge in [0.15, 0.2) is 6.61 Å². The van der Waals surface area contributed by atoms with E-state index in [2.05, 4.69) is 0 Å². The third-order valence-electron chi connectivity index (χ3n) is 5.54. The Morgan fingerprint density at radius 1 is 1.21 bits per heavy atom. The van der Waals surface area contributed by atoms with Crippen molar-refractivity contribution in [3.8, 4) is 0 Å². The highest BCUT2D eigenvalue weighted by molar-refractivity contribution is 7.12. The van der Waals surface area contributed by atoms with E-state index in [4.69, 9.17) is 4.74 Å². The standard InChI is InChI=1S/C21H20N2O5S/c1-12-10-15(13(2)29-12)17(24)11-28-20(27)21-9-8-18(25)23(21)16-7-5-4-6-14(16)19(26)22(21)3/h4-7,10H,8-9,11H2,1-3H3. The summed E-state index contributed by atoms with van der Waals surface area (Å²) in [5.74, 6) is -1.70. The molecule has 0 N–H and O–H groups in total. The van der Waals surface area contributed by atoms with Gasteiger partial charge in [-0.2, -0.15) is 0 Å². The van der Waals surface area contributed by atoms with Crippen molar-refractivity contribution in [2.75, 3.05) is 18.6 Å². The van der Waals surface area contributed by atoms with E-state index in [0.717, 1.165) is 9.75 Å². The quantitative estimate of drug-likeness (QED) is 0.570. The number of carbonyl (C=O) groups is 4. The highest BCUT2D eigenvalue weighted by atomic mass is 32.1. The number of rotatable bonds is 4. The first kappa shape index (κ1) is 19.3. The van der Waals surface area contributed by atoms with Gasteiger partial charge in [0, 0.05) is 35.2 Å². The van der Waals surface area contributed by atoms with E-state index in [0.29, 0.717) is 16.8 Å². The molecule has 0 aliphatic carbocycles. The second-order valence-electron chi connectivity index (χ2n) is 7.25. The second-order valence-corrected chi connectivity index (χ2v) is 8.71. The van der Waals surface area contributed by atoms with Crippen LogP contribution in [-0.4, -0.2) is 47.8 Å². The normalized spacial score (nSPS) is 20.5. The zero-order valence-electron chi connectivity index (χ0n) is 16.4. The summed E-state index contributed by atoms with van der Waals surface area (Å²) < 4.78 is 5.38. The minimum Gasteiger partial charge on any atom is -0.454 e. The lowest BCUT2D eigenvalue weighted by molar-refractivity contribution is -0.155. The van der Waals surface area contributed by atoms with Gasteiger partial charge >= 0.3 is 5.97 Å².